The lowest BCUT2D eigenvalue weighted by Crippen LogP contribution is -2.30. The first-order valence-electron chi connectivity index (χ1n) is 15.1. The number of nitrogens with one attached hydrogen (secondary N) is 3. The number of benzene rings is 5. The minimum absolute atomic E-state index is 0.0893. The van der Waals surface area contributed by atoms with Gasteiger partial charge in [0.05, 0.1) is 14.2 Å². The van der Waals surface area contributed by atoms with Gasteiger partial charge in [-0.15, -0.1) is 11.8 Å². The molecule has 5 aromatic rings. The topological polar surface area (TPSA) is 106 Å². The van der Waals surface area contributed by atoms with Crippen LogP contribution in [-0.2, 0) is 9.59 Å². The minimum atomic E-state index is -0.629. The molecule has 1 atom stereocenters. The predicted molar refractivity (Wildman–Crippen MR) is 191 cm³/mol. The van der Waals surface area contributed by atoms with Gasteiger partial charge in [0.15, 0.2) is 0 Å². The van der Waals surface area contributed by atoms with Crippen molar-refractivity contribution in [2.24, 2.45) is 0 Å². The molecule has 0 aliphatic carbocycles. The Labute approximate surface area is 284 Å². The van der Waals surface area contributed by atoms with Crippen LogP contribution in [0.25, 0.3) is 6.08 Å². The molecular weight excluding hydrogens is 623 g/mol. The van der Waals surface area contributed by atoms with Crippen molar-refractivity contribution in [3.8, 4) is 11.5 Å². The van der Waals surface area contributed by atoms with Crippen molar-refractivity contribution in [2.45, 2.75) is 17.1 Å². The first-order valence-corrected chi connectivity index (χ1v) is 16.0. The van der Waals surface area contributed by atoms with Crippen LogP contribution < -0.4 is 25.4 Å². The summed E-state index contributed by atoms with van der Waals surface area (Å²) in [5.41, 5.74) is 4.10. The van der Waals surface area contributed by atoms with Gasteiger partial charge in [-0.25, -0.2) is 0 Å². The Morgan fingerprint density at radius 1 is 0.688 bits per heavy atom. The number of carbonyl (C=O) groups excluding carboxylic acids is 3. The molecule has 242 valence electrons. The third-order valence-corrected chi connectivity index (χ3v) is 8.57. The van der Waals surface area contributed by atoms with Crippen LogP contribution >= 0.6 is 11.8 Å². The first-order chi connectivity index (χ1) is 23.3. The molecule has 0 aliphatic rings. The maximum atomic E-state index is 13.8. The van der Waals surface area contributed by atoms with E-state index in [4.69, 9.17) is 9.47 Å². The number of amides is 3. The fourth-order valence-corrected chi connectivity index (χ4v) is 5.90. The maximum absolute atomic E-state index is 13.8. The van der Waals surface area contributed by atoms with Gasteiger partial charge in [-0.3, -0.25) is 14.4 Å². The van der Waals surface area contributed by atoms with Gasteiger partial charge in [-0.2, -0.15) is 0 Å². The van der Waals surface area contributed by atoms with E-state index in [0.717, 1.165) is 21.6 Å². The van der Waals surface area contributed by atoms with Crippen LogP contribution in [0, 0.1) is 6.92 Å². The smallest absolute Gasteiger partial charge is 0.272 e. The van der Waals surface area contributed by atoms with Gasteiger partial charge in [0.25, 0.3) is 11.8 Å². The highest BCUT2D eigenvalue weighted by Crippen LogP contribution is 2.38. The van der Waals surface area contributed by atoms with E-state index in [2.05, 4.69) is 16.0 Å². The molecule has 3 amide bonds. The van der Waals surface area contributed by atoms with Crippen molar-refractivity contribution in [1.29, 1.82) is 0 Å². The van der Waals surface area contributed by atoms with Crippen LogP contribution in [0.4, 0.5) is 11.4 Å². The van der Waals surface area contributed by atoms with Crippen molar-refractivity contribution in [3.63, 3.8) is 0 Å². The van der Waals surface area contributed by atoms with E-state index in [-0.39, 0.29) is 11.6 Å². The molecule has 3 N–H and O–H groups in total. The molecule has 0 aromatic heterocycles. The highest BCUT2D eigenvalue weighted by molar-refractivity contribution is 8.00. The third-order valence-electron chi connectivity index (χ3n) is 7.32. The number of ether oxygens (including phenoxy) is 2. The van der Waals surface area contributed by atoms with Gasteiger partial charge in [0, 0.05) is 40.0 Å². The van der Waals surface area contributed by atoms with Gasteiger partial charge in [0.1, 0.15) is 22.4 Å². The van der Waals surface area contributed by atoms with Crippen molar-refractivity contribution in [1.82, 2.24) is 5.32 Å². The summed E-state index contributed by atoms with van der Waals surface area (Å²) >= 11 is 1.34. The molecule has 1 unspecified atom stereocenters. The van der Waals surface area contributed by atoms with Crippen molar-refractivity contribution < 1.29 is 23.9 Å². The molecule has 0 saturated carbocycles. The Morgan fingerprint density at radius 3 is 2.00 bits per heavy atom. The number of thioether (sulfide) groups is 1. The summed E-state index contributed by atoms with van der Waals surface area (Å²) in [6, 6.07) is 38.2. The summed E-state index contributed by atoms with van der Waals surface area (Å²) in [6.45, 7) is 1.94. The molecule has 48 heavy (non-hydrogen) atoms. The second kappa shape index (κ2) is 16.2. The summed E-state index contributed by atoms with van der Waals surface area (Å²) in [5.74, 6) is -0.0436. The van der Waals surface area contributed by atoms with E-state index >= 15 is 0 Å². The molecule has 0 aliphatic heterocycles. The maximum Gasteiger partial charge on any atom is 0.272 e. The van der Waals surface area contributed by atoms with Crippen LogP contribution in [0.1, 0.15) is 32.3 Å². The van der Waals surface area contributed by atoms with Crippen LogP contribution in [-0.4, -0.2) is 31.9 Å². The normalized spacial score (nSPS) is 11.6. The zero-order valence-corrected chi connectivity index (χ0v) is 27.5. The molecule has 0 spiro atoms. The Kier molecular flexibility index (Phi) is 11.3. The summed E-state index contributed by atoms with van der Waals surface area (Å²) in [5, 5.41) is 8.07. The first kappa shape index (κ1) is 33.6. The van der Waals surface area contributed by atoms with Crippen LogP contribution in [0.3, 0.4) is 0 Å². The minimum Gasteiger partial charge on any atom is -0.497 e. The Morgan fingerprint density at radius 2 is 1.33 bits per heavy atom. The van der Waals surface area contributed by atoms with Crippen molar-refractivity contribution >= 4 is 46.9 Å². The lowest BCUT2D eigenvalue weighted by atomic mass is 10.1. The largest absolute Gasteiger partial charge is 0.497 e. The number of anilines is 2. The van der Waals surface area contributed by atoms with E-state index in [9.17, 15) is 14.4 Å². The van der Waals surface area contributed by atoms with Crippen molar-refractivity contribution in [2.75, 3.05) is 24.9 Å². The number of rotatable bonds is 12. The number of hydrogen-bond acceptors (Lipinski definition) is 6. The fourth-order valence-electron chi connectivity index (χ4n) is 4.82. The SMILES string of the molecule is COc1cc(NC(=O)C(Sc2cccc(NC(=O)/C(=C/c3ccccc3C)NC(=O)c3ccccc3)c2)c2ccccc2)cc(OC)c1. The zero-order valence-electron chi connectivity index (χ0n) is 26.7. The summed E-state index contributed by atoms with van der Waals surface area (Å²) in [6.07, 6.45) is 1.66. The van der Waals surface area contributed by atoms with E-state index in [1.807, 2.05) is 73.7 Å². The highest BCUT2D eigenvalue weighted by Gasteiger charge is 2.23. The van der Waals surface area contributed by atoms with E-state index in [1.54, 1.807) is 81.0 Å². The standard InChI is InChI=1S/C39H35N3O5S/c1-26-13-10-11-18-29(26)21-35(42-37(43)28-16-8-5-9-17-28)38(44)40-30-19-12-20-34(24-30)48-36(27-14-6-4-7-15-27)39(45)41-31-22-32(46-2)25-33(23-31)47-3/h4-25,36H,1-3H3,(H,40,44)(H,41,45)(H,42,43)/b35-21-. The monoisotopic (exact) mass is 657 g/mol. The molecule has 8 nitrogen and oxygen atoms in total. The van der Waals surface area contributed by atoms with Crippen LogP contribution in [0.15, 0.2) is 138 Å². The van der Waals surface area contributed by atoms with Gasteiger partial charge < -0.3 is 25.4 Å². The number of aryl methyl sites for hydroxylation is 1. The molecule has 0 fully saturated rings. The van der Waals surface area contributed by atoms with Gasteiger partial charge in [-0.05, 0) is 60.0 Å². The molecule has 0 heterocycles. The fraction of sp³-hybridized carbons (Fsp3) is 0.103. The van der Waals surface area contributed by atoms with E-state index in [1.165, 1.54) is 11.8 Å². The van der Waals surface area contributed by atoms with Crippen molar-refractivity contribution in [3.05, 3.63) is 155 Å². The zero-order chi connectivity index (χ0) is 33.9. The van der Waals surface area contributed by atoms with Crippen LogP contribution in [0.5, 0.6) is 11.5 Å². The van der Waals surface area contributed by atoms with Gasteiger partial charge in [-0.1, -0.05) is 78.9 Å². The number of carbonyl (C=O) groups is 3. The molecular formula is C39H35N3O5S. The van der Waals surface area contributed by atoms with E-state index < -0.39 is 17.1 Å². The quantitative estimate of drug-likeness (QED) is 0.0931. The van der Waals surface area contributed by atoms with Gasteiger partial charge >= 0.3 is 0 Å². The van der Waals surface area contributed by atoms with Crippen LogP contribution in [0.2, 0.25) is 0 Å². The third kappa shape index (κ3) is 8.92. The molecule has 0 bridgehead atoms. The van der Waals surface area contributed by atoms with Gasteiger partial charge in [0.2, 0.25) is 5.91 Å². The highest BCUT2D eigenvalue weighted by atomic mass is 32.2. The molecule has 5 aromatic carbocycles. The lowest BCUT2D eigenvalue weighted by molar-refractivity contribution is -0.116. The molecule has 0 radical (unpaired) electrons. The Balaban J connectivity index is 1.39. The Bertz CT molecular complexity index is 1910. The second-order valence-electron chi connectivity index (χ2n) is 10.7. The average molecular weight is 658 g/mol. The molecule has 5 rings (SSSR count). The number of hydrogen-bond donors (Lipinski definition) is 3. The number of methoxy groups -OCH3 is 2. The van der Waals surface area contributed by atoms with E-state index in [0.29, 0.717) is 28.4 Å². The average Bonchev–Trinajstić information content (AvgIpc) is 3.11. The lowest BCUT2D eigenvalue weighted by Gasteiger charge is -2.18. The second-order valence-corrected chi connectivity index (χ2v) is 11.9. The predicted octanol–water partition coefficient (Wildman–Crippen LogP) is 7.89. The summed E-state index contributed by atoms with van der Waals surface area (Å²) < 4.78 is 10.7. The summed E-state index contributed by atoms with van der Waals surface area (Å²) in [7, 11) is 3.10. The Hall–Kier alpha value is -5.80. The summed E-state index contributed by atoms with van der Waals surface area (Å²) in [4.78, 5) is 41.3. The molecule has 0 saturated heterocycles. The molecule has 9 heteroatoms.